The van der Waals surface area contributed by atoms with Crippen molar-refractivity contribution in [2.24, 2.45) is 5.73 Å². The molecule has 0 aromatic heterocycles. The van der Waals surface area contributed by atoms with E-state index in [1.807, 2.05) is 0 Å². The van der Waals surface area contributed by atoms with E-state index in [1.54, 1.807) is 13.0 Å². The maximum atomic E-state index is 13.5. The van der Waals surface area contributed by atoms with Gasteiger partial charge in [-0.3, -0.25) is 0 Å². The molecule has 0 atom stereocenters. The number of urea groups is 1. The van der Waals surface area contributed by atoms with Crippen LogP contribution in [0.15, 0.2) is 18.2 Å². The van der Waals surface area contributed by atoms with Crippen molar-refractivity contribution in [3.63, 3.8) is 0 Å². The van der Waals surface area contributed by atoms with Crippen molar-refractivity contribution in [2.75, 3.05) is 11.9 Å². The van der Waals surface area contributed by atoms with Gasteiger partial charge in [-0.25, -0.2) is 9.18 Å². The van der Waals surface area contributed by atoms with Gasteiger partial charge in [0, 0.05) is 12.1 Å². The first-order valence-corrected chi connectivity index (χ1v) is 5.09. The zero-order valence-electron chi connectivity index (χ0n) is 8.71. The van der Waals surface area contributed by atoms with Gasteiger partial charge in [0.25, 0.3) is 0 Å². The second kappa shape index (κ2) is 5.41. The molecule has 0 heterocycles. The molecular formula is C10H12FN3OS. The lowest BCUT2D eigenvalue weighted by Crippen LogP contribution is -2.28. The van der Waals surface area contributed by atoms with Crippen molar-refractivity contribution in [2.45, 2.75) is 6.92 Å². The molecule has 86 valence electrons. The first-order chi connectivity index (χ1) is 7.54. The third-order valence-electron chi connectivity index (χ3n) is 1.84. The van der Waals surface area contributed by atoms with E-state index in [2.05, 4.69) is 10.6 Å². The topological polar surface area (TPSA) is 67.2 Å². The molecule has 0 bridgehead atoms. The zero-order valence-corrected chi connectivity index (χ0v) is 9.53. The molecule has 0 radical (unpaired) electrons. The second-order valence-corrected chi connectivity index (χ2v) is 3.48. The van der Waals surface area contributed by atoms with Crippen LogP contribution in [0.4, 0.5) is 14.9 Å². The SMILES string of the molecule is CCNC(=O)Nc1ccc(C(N)=S)cc1F. The van der Waals surface area contributed by atoms with E-state index in [1.165, 1.54) is 12.1 Å². The fourth-order valence-electron chi connectivity index (χ4n) is 1.10. The molecule has 1 aromatic rings. The number of halogens is 1. The molecule has 0 aliphatic heterocycles. The molecule has 6 heteroatoms. The summed E-state index contributed by atoms with van der Waals surface area (Å²) in [5.74, 6) is -0.573. The number of hydrogen-bond donors (Lipinski definition) is 3. The van der Waals surface area contributed by atoms with Crippen molar-refractivity contribution in [3.05, 3.63) is 29.6 Å². The standard InChI is InChI=1S/C10H12FN3OS/c1-2-13-10(15)14-8-4-3-6(9(12)16)5-7(8)11/h3-5H,2H2,1H3,(H2,12,16)(H2,13,14,15). The Morgan fingerprint density at radius 2 is 2.25 bits per heavy atom. The van der Waals surface area contributed by atoms with Gasteiger partial charge < -0.3 is 16.4 Å². The molecule has 0 aliphatic rings. The second-order valence-electron chi connectivity index (χ2n) is 3.04. The normalized spacial score (nSPS) is 9.62. The van der Waals surface area contributed by atoms with E-state index in [0.717, 1.165) is 0 Å². The minimum absolute atomic E-state index is 0.0888. The molecule has 0 spiro atoms. The van der Waals surface area contributed by atoms with E-state index < -0.39 is 11.8 Å². The van der Waals surface area contributed by atoms with Crippen LogP contribution in [0.2, 0.25) is 0 Å². The Hall–Kier alpha value is -1.69. The minimum Gasteiger partial charge on any atom is -0.389 e. The third kappa shape index (κ3) is 3.16. The molecule has 0 unspecified atom stereocenters. The van der Waals surface area contributed by atoms with Crippen molar-refractivity contribution >= 4 is 28.9 Å². The molecule has 0 aliphatic carbocycles. The smallest absolute Gasteiger partial charge is 0.319 e. The molecular weight excluding hydrogens is 229 g/mol. The Bertz CT molecular complexity index is 423. The third-order valence-corrected chi connectivity index (χ3v) is 2.07. The van der Waals surface area contributed by atoms with E-state index in [4.69, 9.17) is 18.0 Å². The number of thiocarbonyl (C=S) groups is 1. The number of nitrogens with two attached hydrogens (primary N) is 1. The molecule has 2 amide bonds. The average molecular weight is 241 g/mol. The van der Waals surface area contributed by atoms with Crippen LogP contribution in [0.25, 0.3) is 0 Å². The van der Waals surface area contributed by atoms with Gasteiger partial charge in [-0.15, -0.1) is 0 Å². The molecule has 0 saturated heterocycles. The lowest BCUT2D eigenvalue weighted by atomic mass is 10.2. The maximum absolute atomic E-state index is 13.5. The number of amides is 2. The lowest BCUT2D eigenvalue weighted by molar-refractivity contribution is 0.252. The predicted molar refractivity (Wildman–Crippen MR) is 65.0 cm³/mol. The first-order valence-electron chi connectivity index (χ1n) is 4.68. The van der Waals surface area contributed by atoms with Crippen LogP contribution in [-0.4, -0.2) is 17.6 Å². The van der Waals surface area contributed by atoms with Crippen molar-refractivity contribution in [1.82, 2.24) is 5.32 Å². The van der Waals surface area contributed by atoms with E-state index in [9.17, 15) is 9.18 Å². The van der Waals surface area contributed by atoms with Gasteiger partial charge in [-0.1, -0.05) is 12.2 Å². The van der Waals surface area contributed by atoms with Gasteiger partial charge in [0.1, 0.15) is 10.8 Å². The quantitative estimate of drug-likeness (QED) is 0.704. The highest BCUT2D eigenvalue weighted by atomic mass is 32.1. The summed E-state index contributed by atoms with van der Waals surface area (Å²) in [6.07, 6.45) is 0. The molecule has 4 nitrogen and oxygen atoms in total. The number of carbonyl (C=O) groups is 1. The van der Waals surface area contributed by atoms with Crippen molar-refractivity contribution < 1.29 is 9.18 Å². The van der Waals surface area contributed by atoms with Gasteiger partial charge >= 0.3 is 6.03 Å². The summed E-state index contributed by atoms with van der Waals surface area (Å²) in [6, 6.07) is 3.69. The van der Waals surface area contributed by atoms with E-state index >= 15 is 0 Å². The van der Waals surface area contributed by atoms with Crippen LogP contribution < -0.4 is 16.4 Å². The molecule has 0 fully saturated rings. The van der Waals surface area contributed by atoms with Crippen LogP contribution in [-0.2, 0) is 0 Å². The summed E-state index contributed by atoms with van der Waals surface area (Å²) in [7, 11) is 0. The van der Waals surface area contributed by atoms with Crippen LogP contribution in [0.5, 0.6) is 0 Å². The Morgan fingerprint density at radius 3 is 2.75 bits per heavy atom. The van der Waals surface area contributed by atoms with Crippen LogP contribution in [0.3, 0.4) is 0 Å². The van der Waals surface area contributed by atoms with Crippen LogP contribution in [0.1, 0.15) is 12.5 Å². The van der Waals surface area contributed by atoms with Gasteiger partial charge in [0.15, 0.2) is 0 Å². The molecule has 0 saturated carbocycles. The van der Waals surface area contributed by atoms with E-state index in [-0.39, 0.29) is 10.7 Å². The molecule has 16 heavy (non-hydrogen) atoms. The Labute approximate surface area is 98.0 Å². The highest BCUT2D eigenvalue weighted by molar-refractivity contribution is 7.80. The fraction of sp³-hybridized carbons (Fsp3) is 0.200. The van der Waals surface area contributed by atoms with Gasteiger partial charge in [-0.2, -0.15) is 0 Å². The first kappa shape index (κ1) is 12.4. The lowest BCUT2D eigenvalue weighted by Gasteiger charge is -2.07. The predicted octanol–water partition coefficient (Wildman–Crippen LogP) is 1.60. The molecule has 4 N–H and O–H groups in total. The molecule has 1 rings (SSSR count). The monoisotopic (exact) mass is 241 g/mol. The number of benzene rings is 1. The Kier molecular flexibility index (Phi) is 4.19. The van der Waals surface area contributed by atoms with Crippen LogP contribution in [0, 0.1) is 5.82 Å². The highest BCUT2D eigenvalue weighted by Gasteiger charge is 2.07. The van der Waals surface area contributed by atoms with Gasteiger partial charge in [0.05, 0.1) is 5.69 Å². The number of rotatable bonds is 3. The summed E-state index contributed by atoms with van der Waals surface area (Å²) in [5.41, 5.74) is 5.86. The largest absolute Gasteiger partial charge is 0.389 e. The highest BCUT2D eigenvalue weighted by Crippen LogP contribution is 2.15. The van der Waals surface area contributed by atoms with Gasteiger partial charge in [0.2, 0.25) is 0 Å². The number of nitrogens with one attached hydrogen (secondary N) is 2. The average Bonchev–Trinajstić information content (AvgIpc) is 2.21. The zero-order chi connectivity index (χ0) is 12.1. The molecule has 1 aromatic carbocycles. The number of carbonyl (C=O) groups excluding carboxylic acids is 1. The summed E-state index contributed by atoms with van der Waals surface area (Å²) >= 11 is 4.71. The van der Waals surface area contributed by atoms with Crippen molar-refractivity contribution in [1.29, 1.82) is 0 Å². The Morgan fingerprint density at radius 1 is 1.56 bits per heavy atom. The fourth-order valence-corrected chi connectivity index (χ4v) is 1.22. The summed E-state index contributed by atoms with van der Waals surface area (Å²) in [6.45, 7) is 2.24. The van der Waals surface area contributed by atoms with Crippen molar-refractivity contribution in [3.8, 4) is 0 Å². The van der Waals surface area contributed by atoms with Crippen LogP contribution >= 0.6 is 12.2 Å². The summed E-state index contributed by atoms with van der Waals surface area (Å²) in [4.78, 5) is 11.3. The minimum atomic E-state index is -0.573. The van der Waals surface area contributed by atoms with Gasteiger partial charge in [-0.05, 0) is 25.1 Å². The summed E-state index contributed by atoms with van der Waals surface area (Å²) in [5, 5.41) is 4.86. The summed E-state index contributed by atoms with van der Waals surface area (Å²) < 4.78 is 13.5. The maximum Gasteiger partial charge on any atom is 0.319 e. The number of anilines is 1. The number of hydrogen-bond acceptors (Lipinski definition) is 2. The van der Waals surface area contributed by atoms with E-state index in [0.29, 0.717) is 12.1 Å². The Balaban J connectivity index is 2.83.